The molecule has 0 amide bonds. The largest absolute Gasteiger partial charge is 0.478 e. The molecule has 1 aromatic carbocycles. The lowest BCUT2D eigenvalue weighted by Crippen LogP contribution is -2.52. The normalized spacial score (nSPS) is 18.3. The third-order valence-electron chi connectivity index (χ3n) is 3.97. The molecule has 6 heteroatoms. The Balaban J connectivity index is 1.86. The maximum Gasteiger partial charge on any atom is 0.335 e. The number of benzene rings is 1. The Bertz CT molecular complexity index is 510. The molecule has 1 aromatic rings. The van der Waals surface area contributed by atoms with Gasteiger partial charge in [-0.15, -0.1) is 0 Å². The summed E-state index contributed by atoms with van der Waals surface area (Å²) < 4.78 is 0. The second-order valence-electron chi connectivity index (χ2n) is 5.39. The van der Waals surface area contributed by atoms with E-state index >= 15 is 0 Å². The lowest BCUT2D eigenvalue weighted by Gasteiger charge is -2.37. The number of hydrogen-bond donors (Lipinski definition) is 2. The summed E-state index contributed by atoms with van der Waals surface area (Å²) >= 11 is 5.04. The third-order valence-corrected chi connectivity index (χ3v) is 4.31. The first-order valence-corrected chi connectivity index (χ1v) is 7.46. The summed E-state index contributed by atoms with van der Waals surface area (Å²) in [6, 6.07) is 7.23. The van der Waals surface area contributed by atoms with Crippen LogP contribution in [0.3, 0.4) is 0 Å². The minimum absolute atomic E-state index is 0.150. The fourth-order valence-electron chi connectivity index (χ4n) is 2.50. The van der Waals surface area contributed by atoms with Gasteiger partial charge in [-0.1, -0.05) is 24.4 Å². The van der Waals surface area contributed by atoms with E-state index in [0.717, 1.165) is 38.3 Å². The predicted molar refractivity (Wildman–Crippen MR) is 86.5 cm³/mol. The van der Waals surface area contributed by atoms with Gasteiger partial charge in [0.15, 0.2) is 0 Å². The first-order chi connectivity index (χ1) is 9.97. The molecule has 5 nitrogen and oxygen atoms in total. The fourth-order valence-corrected chi connectivity index (χ4v) is 2.65. The Kier molecular flexibility index (Phi) is 5.27. The molecule has 21 heavy (non-hydrogen) atoms. The van der Waals surface area contributed by atoms with Crippen molar-refractivity contribution in [2.75, 3.05) is 26.2 Å². The molecule has 0 spiro atoms. The number of aromatic carboxylic acids is 1. The minimum atomic E-state index is -0.887. The molecular weight excluding hydrogens is 286 g/mol. The highest BCUT2D eigenvalue weighted by Crippen LogP contribution is 2.12. The topological polar surface area (TPSA) is 69.8 Å². The first kappa shape index (κ1) is 15.9. The molecule has 1 aliphatic rings. The zero-order valence-electron chi connectivity index (χ0n) is 12.2. The van der Waals surface area contributed by atoms with Crippen molar-refractivity contribution in [3.8, 4) is 0 Å². The maximum absolute atomic E-state index is 10.8. The van der Waals surface area contributed by atoms with E-state index in [1.807, 2.05) is 19.1 Å². The summed E-state index contributed by atoms with van der Waals surface area (Å²) in [4.78, 5) is 16.0. The molecule has 0 aliphatic carbocycles. The zero-order valence-corrected chi connectivity index (χ0v) is 13.0. The fraction of sp³-hybridized carbons (Fsp3) is 0.467. The van der Waals surface area contributed by atoms with Gasteiger partial charge in [-0.05, 0) is 24.6 Å². The summed E-state index contributed by atoms with van der Waals surface area (Å²) in [6.07, 6.45) is 0. The van der Waals surface area contributed by atoms with Gasteiger partial charge in [0.25, 0.3) is 0 Å². The molecule has 1 fully saturated rings. The Morgan fingerprint density at radius 3 is 2.33 bits per heavy atom. The summed E-state index contributed by atoms with van der Waals surface area (Å²) in [5.41, 5.74) is 7.15. The van der Waals surface area contributed by atoms with Gasteiger partial charge >= 0.3 is 5.97 Å². The molecule has 0 aromatic heterocycles. The van der Waals surface area contributed by atoms with Crippen LogP contribution in [0.1, 0.15) is 22.8 Å². The highest BCUT2D eigenvalue weighted by molar-refractivity contribution is 7.80. The molecule has 1 heterocycles. The molecule has 0 radical (unpaired) electrons. The molecule has 0 bridgehead atoms. The molecule has 1 saturated heterocycles. The van der Waals surface area contributed by atoms with Crippen molar-refractivity contribution in [3.05, 3.63) is 35.4 Å². The molecule has 1 atom stereocenters. The van der Waals surface area contributed by atoms with Crippen molar-refractivity contribution < 1.29 is 9.90 Å². The Hall–Kier alpha value is -1.50. The van der Waals surface area contributed by atoms with E-state index in [1.54, 1.807) is 12.1 Å². The van der Waals surface area contributed by atoms with Crippen molar-refractivity contribution in [2.45, 2.75) is 19.5 Å². The number of carbonyl (C=O) groups is 1. The van der Waals surface area contributed by atoms with E-state index in [9.17, 15) is 4.79 Å². The lowest BCUT2D eigenvalue weighted by molar-refractivity contribution is 0.0697. The van der Waals surface area contributed by atoms with Crippen LogP contribution in [0.25, 0.3) is 0 Å². The highest BCUT2D eigenvalue weighted by Gasteiger charge is 2.22. The standard InChI is InChI=1S/C15H21N3O2S/c1-11(14(16)21)18-8-6-17(7-9-18)10-12-2-4-13(5-3-12)15(19)20/h2-5,11H,6-10H2,1H3,(H2,16,21)(H,19,20). The number of hydrogen-bond acceptors (Lipinski definition) is 4. The van der Waals surface area contributed by atoms with Gasteiger partial charge in [0.05, 0.1) is 16.6 Å². The first-order valence-electron chi connectivity index (χ1n) is 7.05. The van der Waals surface area contributed by atoms with Crippen LogP contribution in [0.2, 0.25) is 0 Å². The molecule has 2 rings (SSSR count). The average Bonchev–Trinajstić information content (AvgIpc) is 2.47. The number of rotatable bonds is 5. The van der Waals surface area contributed by atoms with Crippen LogP contribution in [-0.4, -0.2) is 58.1 Å². The van der Waals surface area contributed by atoms with Gasteiger partial charge in [0.2, 0.25) is 0 Å². The summed E-state index contributed by atoms with van der Waals surface area (Å²) in [5.74, 6) is -0.887. The second-order valence-corrected chi connectivity index (χ2v) is 5.86. The van der Waals surface area contributed by atoms with Crippen molar-refractivity contribution in [1.29, 1.82) is 0 Å². The van der Waals surface area contributed by atoms with Gasteiger partial charge in [0.1, 0.15) is 0 Å². The molecule has 3 N–H and O–H groups in total. The van der Waals surface area contributed by atoms with Crippen molar-refractivity contribution in [1.82, 2.24) is 9.80 Å². The van der Waals surface area contributed by atoms with Crippen molar-refractivity contribution >= 4 is 23.2 Å². The number of thiocarbonyl (C=S) groups is 1. The Labute approximate surface area is 130 Å². The summed E-state index contributed by atoms with van der Waals surface area (Å²) in [6.45, 7) is 6.72. The quantitative estimate of drug-likeness (QED) is 0.796. The average molecular weight is 307 g/mol. The minimum Gasteiger partial charge on any atom is -0.478 e. The van der Waals surface area contributed by atoms with Gasteiger partial charge < -0.3 is 10.8 Å². The molecule has 1 unspecified atom stereocenters. The summed E-state index contributed by atoms with van der Waals surface area (Å²) in [5, 5.41) is 8.89. The number of piperazine rings is 1. The van der Waals surface area contributed by atoms with Crippen LogP contribution in [-0.2, 0) is 6.54 Å². The van der Waals surface area contributed by atoms with Crippen LogP contribution >= 0.6 is 12.2 Å². The van der Waals surface area contributed by atoms with E-state index in [1.165, 1.54) is 0 Å². The third kappa shape index (κ3) is 4.23. The van der Waals surface area contributed by atoms with Crippen LogP contribution in [0.5, 0.6) is 0 Å². The number of carboxylic acids is 1. The van der Waals surface area contributed by atoms with Crippen molar-refractivity contribution in [2.24, 2.45) is 5.73 Å². The summed E-state index contributed by atoms with van der Waals surface area (Å²) in [7, 11) is 0. The highest BCUT2D eigenvalue weighted by atomic mass is 32.1. The van der Waals surface area contributed by atoms with E-state index in [-0.39, 0.29) is 6.04 Å². The van der Waals surface area contributed by atoms with Crippen molar-refractivity contribution in [3.63, 3.8) is 0 Å². The lowest BCUT2D eigenvalue weighted by atomic mass is 10.1. The molecular formula is C15H21N3O2S. The van der Waals surface area contributed by atoms with E-state index in [2.05, 4.69) is 9.80 Å². The Morgan fingerprint density at radius 1 is 1.29 bits per heavy atom. The van der Waals surface area contributed by atoms with Crippen LogP contribution in [0, 0.1) is 0 Å². The molecule has 1 aliphatic heterocycles. The van der Waals surface area contributed by atoms with E-state index < -0.39 is 5.97 Å². The monoisotopic (exact) mass is 307 g/mol. The van der Waals surface area contributed by atoms with Crippen LogP contribution in [0.4, 0.5) is 0 Å². The van der Waals surface area contributed by atoms with E-state index in [0.29, 0.717) is 10.6 Å². The smallest absolute Gasteiger partial charge is 0.335 e. The molecule has 114 valence electrons. The second kappa shape index (κ2) is 6.98. The SMILES string of the molecule is CC(C(N)=S)N1CCN(Cc2ccc(C(=O)O)cc2)CC1. The van der Waals surface area contributed by atoms with E-state index in [4.69, 9.17) is 23.1 Å². The van der Waals surface area contributed by atoms with Gasteiger partial charge in [-0.3, -0.25) is 9.80 Å². The predicted octanol–water partition coefficient (Wildman–Crippen LogP) is 1.18. The Morgan fingerprint density at radius 2 is 1.86 bits per heavy atom. The maximum atomic E-state index is 10.8. The van der Waals surface area contributed by atoms with Gasteiger partial charge in [-0.25, -0.2) is 4.79 Å². The van der Waals surface area contributed by atoms with Crippen LogP contribution in [0.15, 0.2) is 24.3 Å². The number of nitrogens with two attached hydrogens (primary N) is 1. The zero-order chi connectivity index (χ0) is 15.4. The number of nitrogens with zero attached hydrogens (tertiary/aromatic N) is 2. The van der Waals surface area contributed by atoms with Gasteiger partial charge in [-0.2, -0.15) is 0 Å². The van der Waals surface area contributed by atoms with Crippen LogP contribution < -0.4 is 5.73 Å². The molecule has 0 saturated carbocycles. The number of carboxylic acid groups (broad SMARTS) is 1. The van der Waals surface area contributed by atoms with Gasteiger partial charge in [0, 0.05) is 32.7 Å².